The Morgan fingerprint density at radius 3 is 1.16 bits per heavy atom. The highest BCUT2D eigenvalue weighted by Crippen LogP contribution is 2.09. The van der Waals surface area contributed by atoms with Gasteiger partial charge in [0, 0.05) is 19.4 Å². The van der Waals surface area contributed by atoms with Gasteiger partial charge in [0.25, 0.3) is 0 Å². The lowest BCUT2D eigenvalue weighted by molar-refractivity contribution is -0.163. The second kappa shape index (κ2) is 47.4. The first kappa shape index (κ1) is 54.0. The van der Waals surface area contributed by atoms with Gasteiger partial charge in [0.1, 0.15) is 6.61 Å². The summed E-state index contributed by atoms with van der Waals surface area (Å²) in [6.07, 6.45) is 67.5. The maximum absolute atomic E-state index is 12.7. The molecule has 0 aliphatic rings. The Kier molecular flexibility index (Phi) is 44.2. The summed E-state index contributed by atoms with van der Waals surface area (Å²) in [4.78, 5) is 25.2. The van der Waals surface area contributed by atoms with Crippen molar-refractivity contribution in [2.75, 3.05) is 19.8 Å². The second-order valence-corrected chi connectivity index (χ2v) is 14.2. The number of carbonyl (C=O) groups is 2. The molecule has 0 spiro atoms. The van der Waals surface area contributed by atoms with E-state index in [0.29, 0.717) is 19.4 Å². The summed E-state index contributed by atoms with van der Waals surface area (Å²) in [5.41, 5.74) is 0. The van der Waals surface area contributed by atoms with Crippen LogP contribution in [0.4, 0.5) is 0 Å². The molecule has 0 aliphatic carbocycles. The average molecular weight is 799 g/mol. The van der Waals surface area contributed by atoms with Crippen molar-refractivity contribution in [2.45, 2.75) is 168 Å². The van der Waals surface area contributed by atoms with E-state index in [2.05, 4.69) is 154 Å². The standard InChI is InChI=1S/C53H82O5/c1-4-7-10-13-16-19-22-25-27-29-31-34-37-40-43-46-52(54)57-50-51(49-56-48-45-42-39-36-33-30-26-23-20-17-14-11-8-5-2)58-53(55)47-44-41-38-35-32-28-24-21-18-15-12-9-6-3/h7-12,16-21,25-28,30-32,34,36,39,51H,4-6,13-15,22-24,29,33,35,37-38,40-50H2,1-3H3/b10-7-,11-8-,12-9-,19-16-,20-17-,21-18-,27-25-,30-26-,32-28-,34-31-,39-36-. The largest absolute Gasteiger partial charge is 0.462 e. The molecule has 0 fully saturated rings. The molecule has 0 aromatic carbocycles. The number of ether oxygens (including phenoxy) is 3. The smallest absolute Gasteiger partial charge is 0.306 e. The monoisotopic (exact) mass is 799 g/mol. The molecule has 0 saturated carbocycles. The maximum atomic E-state index is 12.7. The first-order chi connectivity index (χ1) is 28.6. The summed E-state index contributed by atoms with van der Waals surface area (Å²) in [6, 6.07) is 0. The molecule has 0 heterocycles. The van der Waals surface area contributed by atoms with Gasteiger partial charge < -0.3 is 14.2 Å². The Hall–Kier alpha value is -3.96. The van der Waals surface area contributed by atoms with E-state index in [4.69, 9.17) is 14.2 Å². The third kappa shape index (κ3) is 44.8. The summed E-state index contributed by atoms with van der Waals surface area (Å²) in [5.74, 6) is -0.525. The molecule has 0 aromatic rings. The number of hydrogen-bond acceptors (Lipinski definition) is 5. The molecule has 0 N–H and O–H groups in total. The van der Waals surface area contributed by atoms with Crippen molar-refractivity contribution in [1.82, 2.24) is 0 Å². The van der Waals surface area contributed by atoms with Gasteiger partial charge >= 0.3 is 11.9 Å². The fourth-order valence-electron chi connectivity index (χ4n) is 5.40. The molecule has 58 heavy (non-hydrogen) atoms. The number of allylic oxidation sites excluding steroid dienone is 22. The van der Waals surface area contributed by atoms with Crippen LogP contribution in [0.15, 0.2) is 134 Å². The molecule has 1 unspecified atom stereocenters. The van der Waals surface area contributed by atoms with Crippen molar-refractivity contribution in [3.63, 3.8) is 0 Å². The molecule has 0 bridgehead atoms. The van der Waals surface area contributed by atoms with E-state index in [-0.39, 0.29) is 25.2 Å². The topological polar surface area (TPSA) is 61.8 Å². The van der Waals surface area contributed by atoms with Crippen LogP contribution in [-0.2, 0) is 23.8 Å². The summed E-state index contributed by atoms with van der Waals surface area (Å²) < 4.78 is 17.2. The van der Waals surface area contributed by atoms with E-state index >= 15 is 0 Å². The van der Waals surface area contributed by atoms with Gasteiger partial charge in [-0.3, -0.25) is 9.59 Å². The van der Waals surface area contributed by atoms with Crippen LogP contribution in [0, 0.1) is 0 Å². The fraction of sp³-hybridized carbons (Fsp3) is 0.547. The quantitative estimate of drug-likeness (QED) is 0.0352. The predicted octanol–water partition coefficient (Wildman–Crippen LogP) is 15.2. The minimum Gasteiger partial charge on any atom is -0.462 e. The van der Waals surface area contributed by atoms with Crippen LogP contribution < -0.4 is 0 Å². The van der Waals surface area contributed by atoms with Gasteiger partial charge in [-0.2, -0.15) is 0 Å². The van der Waals surface area contributed by atoms with Gasteiger partial charge in [-0.05, 0) is 122 Å². The molecule has 0 rings (SSSR count). The summed E-state index contributed by atoms with van der Waals surface area (Å²) >= 11 is 0. The molecule has 5 nitrogen and oxygen atoms in total. The lowest BCUT2D eigenvalue weighted by atomic mass is 10.1. The molecule has 324 valence electrons. The minimum atomic E-state index is -0.605. The van der Waals surface area contributed by atoms with Crippen LogP contribution in [0.3, 0.4) is 0 Å². The Labute approximate surface area is 356 Å². The van der Waals surface area contributed by atoms with Gasteiger partial charge in [0.15, 0.2) is 6.10 Å². The summed E-state index contributed by atoms with van der Waals surface area (Å²) in [6.45, 7) is 7.23. The lowest BCUT2D eigenvalue weighted by Gasteiger charge is -2.18. The molecule has 0 saturated heterocycles. The average Bonchev–Trinajstić information content (AvgIpc) is 3.22. The van der Waals surface area contributed by atoms with E-state index in [1.807, 2.05) is 0 Å². The zero-order valence-electron chi connectivity index (χ0n) is 37.0. The SMILES string of the molecule is CC/C=C\C/C=C\C/C=C\C/C=C\CCCCC(=O)OCC(COCCC/C=C\C/C=C\C/C=C\C/C=C\CC)OC(=O)CCCCC/C=C\C/C=C\C/C=C\CC. The number of unbranched alkanes of at least 4 members (excludes halogenated alkanes) is 6. The van der Waals surface area contributed by atoms with Gasteiger partial charge in [0.05, 0.1) is 6.61 Å². The van der Waals surface area contributed by atoms with Crippen LogP contribution in [0.1, 0.15) is 162 Å². The van der Waals surface area contributed by atoms with E-state index in [0.717, 1.165) is 128 Å². The Morgan fingerprint density at radius 1 is 0.379 bits per heavy atom. The third-order valence-corrected chi connectivity index (χ3v) is 8.66. The van der Waals surface area contributed by atoms with E-state index in [9.17, 15) is 9.59 Å². The number of carbonyl (C=O) groups excluding carboxylic acids is 2. The van der Waals surface area contributed by atoms with Crippen LogP contribution >= 0.6 is 0 Å². The molecular weight excluding hydrogens is 717 g/mol. The van der Waals surface area contributed by atoms with Crippen LogP contribution in [0.2, 0.25) is 0 Å². The molecule has 1 atom stereocenters. The summed E-state index contributed by atoms with van der Waals surface area (Å²) in [5, 5.41) is 0. The second-order valence-electron chi connectivity index (χ2n) is 14.2. The minimum absolute atomic E-state index is 0.0203. The van der Waals surface area contributed by atoms with Gasteiger partial charge in [-0.1, -0.05) is 161 Å². The summed E-state index contributed by atoms with van der Waals surface area (Å²) in [7, 11) is 0. The van der Waals surface area contributed by atoms with Crippen LogP contribution in [-0.4, -0.2) is 37.9 Å². The zero-order chi connectivity index (χ0) is 42.1. The molecule has 0 radical (unpaired) electrons. The van der Waals surface area contributed by atoms with Gasteiger partial charge in [-0.25, -0.2) is 0 Å². The molecule has 0 aromatic heterocycles. The van der Waals surface area contributed by atoms with Crippen LogP contribution in [0.25, 0.3) is 0 Å². The predicted molar refractivity (Wildman–Crippen MR) is 251 cm³/mol. The van der Waals surface area contributed by atoms with Gasteiger partial charge in [-0.15, -0.1) is 0 Å². The van der Waals surface area contributed by atoms with Crippen molar-refractivity contribution >= 4 is 11.9 Å². The van der Waals surface area contributed by atoms with Crippen molar-refractivity contribution in [1.29, 1.82) is 0 Å². The Balaban J connectivity index is 4.51. The Bertz CT molecular complexity index is 1270. The van der Waals surface area contributed by atoms with Crippen molar-refractivity contribution < 1.29 is 23.8 Å². The van der Waals surface area contributed by atoms with Gasteiger partial charge in [0.2, 0.25) is 0 Å². The molecule has 0 aliphatic heterocycles. The third-order valence-electron chi connectivity index (χ3n) is 8.66. The number of rotatable bonds is 39. The highest BCUT2D eigenvalue weighted by Gasteiger charge is 2.17. The number of hydrogen-bond donors (Lipinski definition) is 0. The fourth-order valence-corrected chi connectivity index (χ4v) is 5.40. The Morgan fingerprint density at radius 2 is 0.724 bits per heavy atom. The van der Waals surface area contributed by atoms with Crippen LogP contribution in [0.5, 0.6) is 0 Å². The molecular formula is C53H82O5. The highest BCUT2D eigenvalue weighted by atomic mass is 16.6. The van der Waals surface area contributed by atoms with E-state index in [1.54, 1.807) is 0 Å². The maximum Gasteiger partial charge on any atom is 0.306 e. The normalized spacial score (nSPS) is 13.5. The molecule has 5 heteroatoms. The van der Waals surface area contributed by atoms with Crippen molar-refractivity contribution in [2.24, 2.45) is 0 Å². The first-order valence-corrected chi connectivity index (χ1v) is 22.7. The van der Waals surface area contributed by atoms with Crippen molar-refractivity contribution in [3.05, 3.63) is 134 Å². The number of esters is 2. The first-order valence-electron chi connectivity index (χ1n) is 22.7. The lowest BCUT2D eigenvalue weighted by Crippen LogP contribution is -2.30. The van der Waals surface area contributed by atoms with Crippen molar-refractivity contribution in [3.8, 4) is 0 Å². The highest BCUT2D eigenvalue weighted by molar-refractivity contribution is 5.70. The van der Waals surface area contributed by atoms with E-state index < -0.39 is 6.10 Å². The molecule has 0 amide bonds. The zero-order valence-corrected chi connectivity index (χ0v) is 37.0. The van der Waals surface area contributed by atoms with E-state index in [1.165, 1.54) is 0 Å².